The van der Waals surface area contributed by atoms with Crippen molar-refractivity contribution in [2.75, 3.05) is 31.0 Å². The maximum absolute atomic E-state index is 5.46. The SMILES string of the molecule is COc1cc2c(cc1OC)CN(c1ccnc(NCc3ccccc3)n1)CC2. The van der Waals surface area contributed by atoms with Crippen LogP contribution in [0.2, 0.25) is 0 Å². The average Bonchev–Trinajstić information content (AvgIpc) is 2.77. The van der Waals surface area contributed by atoms with Gasteiger partial charge in [0.15, 0.2) is 11.5 Å². The molecule has 0 fully saturated rings. The van der Waals surface area contributed by atoms with Gasteiger partial charge in [0.1, 0.15) is 5.82 Å². The zero-order valence-corrected chi connectivity index (χ0v) is 16.2. The standard InChI is InChI=1S/C22H24N4O2/c1-27-19-12-17-9-11-26(15-18(17)13-20(19)28-2)21-8-10-23-22(25-21)24-14-16-6-4-3-5-7-16/h3-8,10,12-13H,9,11,14-15H2,1-2H3,(H,23,24,25). The van der Waals surface area contributed by atoms with Crippen molar-refractivity contribution in [2.24, 2.45) is 0 Å². The monoisotopic (exact) mass is 376 g/mol. The molecular formula is C22H24N4O2. The molecule has 0 amide bonds. The summed E-state index contributed by atoms with van der Waals surface area (Å²) in [5.74, 6) is 3.10. The molecule has 4 rings (SSSR count). The molecule has 0 saturated heterocycles. The van der Waals surface area contributed by atoms with E-state index in [0.717, 1.165) is 36.8 Å². The van der Waals surface area contributed by atoms with Crippen molar-refractivity contribution in [3.8, 4) is 11.5 Å². The summed E-state index contributed by atoms with van der Waals surface area (Å²) >= 11 is 0. The highest BCUT2D eigenvalue weighted by Crippen LogP contribution is 2.34. The Bertz CT molecular complexity index is 947. The number of nitrogens with one attached hydrogen (secondary N) is 1. The minimum Gasteiger partial charge on any atom is -0.493 e. The van der Waals surface area contributed by atoms with Crippen LogP contribution in [-0.2, 0) is 19.5 Å². The molecule has 1 aliphatic rings. The van der Waals surface area contributed by atoms with Gasteiger partial charge in [0, 0.05) is 25.8 Å². The summed E-state index contributed by atoms with van der Waals surface area (Å²) in [6, 6.07) is 16.3. The number of methoxy groups -OCH3 is 2. The zero-order chi connectivity index (χ0) is 19.3. The maximum Gasteiger partial charge on any atom is 0.224 e. The zero-order valence-electron chi connectivity index (χ0n) is 16.2. The first-order chi connectivity index (χ1) is 13.8. The Morgan fingerprint density at radius 2 is 1.75 bits per heavy atom. The first-order valence-corrected chi connectivity index (χ1v) is 9.36. The Kier molecular flexibility index (Phi) is 5.28. The van der Waals surface area contributed by atoms with E-state index >= 15 is 0 Å². The molecule has 1 aromatic heterocycles. The molecule has 2 heterocycles. The molecule has 0 spiro atoms. The number of nitrogens with zero attached hydrogens (tertiary/aromatic N) is 3. The number of hydrogen-bond acceptors (Lipinski definition) is 6. The van der Waals surface area contributed by atoms with Crippen LogP contribution in [0.15, 0.2) is 54.7 Å². The molecule has 0 bridgehead atoms. The molecule has 0 atom stereocenters. The largest absolute Gasteiger partial charge is 0.493 e. The summed E-state index contributed by atoms with van der Waals surface area (Å²) in [4.78, 5) is 11.3. The number of benzene rings is 2. The van der Waals surface area contributed by atoms with Gasteiger partial charge in [0.25, 0.3) is 0 Å². The predicted octanol–water partition coefficient (Wildman–Crippen LogP) is 3.67. The van der Waals surface area contributed by atoms with Crippen LogP contribution in [0, 0.1) is 0 Å². The average molecular weight is 376 g/mol. The van der Waals surface area contributed by atoms with Crippen molar-refractivity contribution in [2.45, 2.75) is 19.5 Å². The summed E-state index contributed by atoms with van der Waals surface area (Å²) in [7, 11) is 3.34. The lowest BCUT2D eigenvalue weighted by Crippen LogP contribution is -2.31. The van der Waals surface area contributed by atoms with Crippen LogP contribution in [0.4, 0.5) is 11.8 Å². The van der Waals surface area contributed by atoms with Gasteiger partial charge in [-0.2, -0.15) is 4.98 Å². The van der Waals surface area contributed by atoms with Crippen LogP contribution in [0.1, 0.15) is 16.7 Å². The van der Waals surface area contributed by atoms with E-state index in [1.54, 1.807) is 20.4 Å². The second-order valence-electron chi connectivity index (χ2n) is 6.73. The van der Waals surface area contributed by atoms with E-state index < -0.39 is 0 Å². The first kappa shape index (κ1) is 18.1. The summed E-state index contributed by atoms with van der Waals surface area (Å²) in [6.45, 7) is 2.38. The van der Waals surface area contributed by atoms with E-state index in [1.807, 2.05) is 24.3 Å². The number of ether oxygens (including phenoxy) is 2. The third-order valence-electron chi connectivity index (χ3n) is 4.98. The van der Waals surface area contributed by atoms with Crippen molar-refractivity contribution < 1.29 is 9.47 Å². The topological polar surface area (TPSA) is 59.5 Å². The molecule has 0 unspecified atom stereocenters. The fraction of sp³-hybridized carbons (Fsp3) is 0.273. The number of rotatable bonds is 6. The van der Waals surface area contributed by atoms with E-state index in [9.17, 15) is 0 Å². The Morgan fingerprint density at radius 3 is 2.50 bits per heavy atom. The van der Waals surface area contributed by atoms with Gasteiger partial charge in [-0.1, -0.05) is 30.3 Å². The number of fused-ring (bicyclic) bond motifs is 1. The van der Waals surface area contributed by atoms with Crippen LogP contribution in [0.5, 0.6) is 11.5 Å². The lowest BCUT2D eigenvalue weighted by atomic mass is 9.99. The second kappa shape index (κ2) is 8.17. The molecule has 6 nitrogen and oxygen atoms in total. The second-order valence-corrected chi connectivity index (χ2v) is 6.73. The lowest BCUT2D eigenvalue weighted by molar-refractivity contribution is 0.353. The van der Waals surface area contributed by atoms with Crippen LogP contribution < -0.4 is 19.7 Å². The molecule has 2 aromatic carbocycles. The van der Waals surface area contributed by atoms with E-state index in [1.165, 1.54) is 16.7 Å². The normalized spacial score (nSPS) is 13.0. The van der Waals surface area contributed by atoms with Gasteiger partial charge >= 0.3 is 0 Å². The summed E-state index contributed by atoms with van der Waals surface area (Å²) < 4.78 is 10.9. The summed E-state index contributed by atoms with van der Waals surface area (Å²) in [6.07, 6.45) is 2.74. The molecular weight excluding hydrogens is 352 g/mol. The summed E-state index contributed by atoms with van der Waals surface area (Å²) in [5, 5.41) is 3.31. The lowest BCUT2D eigenvalue weighted by Gasteiger charge is -2.30. The fourth-order valence-electron chi connectivity index (χ4n) is 3.47. The molecule has 3 aromatic rings. The molecule has 1 aliphatic heterocycles. The molecule has 0 aliphatic carbocycles. The van der Waals surface area contributed by atoms with E-state index in [2.05, 4.69) is 39.5 Å². The fourth-order valence-corrected chi connectivity index (χ4v) is 3.47. The Labute approximate surface area is 165 Å². The highest BCUT2D eigenvalue weighted by molar-refractivity contribution is 5.52. The van der Waals surface area contributed by atoms with Gasteiger partial charge in [0.2, 0.25) is 5.95 Å². The third-order valence-corrected chi connectivity index (χ3v) is 4.98. The molecule has 1 N–H and O–H groups in total. The predicted molar refractivity (Wildman–Crippen MR) is 110 cm³/mol. The van der Waals surface area contributed by atoms with Gasteiger partial charge < -0.3 is 19.7 Å². The van der Waals surface area contributed by atoms with Crippen molar-refractivity contribution in [1.82, 2.24) is 9.97 Å². The quantitative estimate of drug-likeness (QED) is 0.708. The Hall–Kier alpha value is -3.28. The van der Waals surface area contributed by atoms with Gasteiger partial charge in [-0.15, -0.1) is 0 Å². The van der Waals surface area contributed by atoms with Crippen LogP contribution in [-0.4, -0.2) is 30.7 Å². The molecule has 6 heteroatoms. The van der Waals surface area contributed by atoms with Crippen molar-refractivity contribution >= 4 is 11.8 Å². The van der Waals surface area contributed by atoms with Crippen LogP contribution >= 0.6 is 0 Å². The minimum absolute atomic E-state index is 0.638. The van der Waals surface area contributed by atoms with Crippen molar-refractivity contribution in [3.63, 3.8) is 0 Å². The van der Waals surface area contributed by atoms with Crippen LogP contribution in [0.3, 0.4) is 0 Å². The third kappa shape index (κ3) is 3.86. The molecule has 0 saturated carbocycles. The highest BCUT2D eigenvalue weighted by Gasteiger charge is 2.20. The van der Waals surface area contributed by atoms with Gasteiger partial charge in [-0.25, -0.2) is 4.98 Å². The van der Waals surface area contributed by atoms with Crippen molar-refractivity contribution in [1.29, 1.82) is 0 Å². The number of hydrogen-bond donors (Lipinski definition) is 1. The molecule has 28 heavy (non-hydrogen) atoms. The van der Waals surface area contributed by atoms with Gasteiger partial charge in [-0.05, 0) is 41.3 Å². The van der Waals surface area contributed by atoms with Gasteiger partial charge in [0.05, 0.1) is 14.2 Å². The van der Waals surface area contributed by atoms with Gasteiger partial charge in [-0.3, -0.25) is 0 Å². The molecule has 144 valence electrons. The van der Waals surface area contributed by atoms with Crippen LogP contribution in [0.25, 0.3) is 0 Å². The Morgan fingerprint density at radius 1 is 1.00 bits per heavy atom. The number of aromatic nitrogens is 2. The Balaban J connectivity index is 1.49. The van der Waals surface area contributed by atoms with Crippen molar-refractivity contribution in [3.05, 3.63) is 71.4 Å². The van der Waals surface area contributed by atoms with E-state index in [-0.39, 0.29) is 0 Å². The van der Waals surface area contributed by atoms with E-state index in [0.29, 0.717) is 12.5 Å². The maximum atomic E-state index is 5.46. The number of anilines is 2. The first-order valence-electron chi connectivity index (χ1n) is 9.36. The van der Waals surface area contributed by atoms with E-state index in [4.69, 9.17) is 14.5 Å². The minimum atomic E-state index is 0.638. The highest BCUT2D eigenvalue weighted by atomic mass is 16.5. The summed E-state index contributed by atoms with van der Waals surface area (Å²) in [5.41, 5.74) is 3.73. The molecule has 0 radical (unpaired) electrons. The smallest absolute Gasteiger partial charge is 0.224 e.